The lowest BCUT2D eigenvalue weighted by Gasteiger charge is -2.25. The van der Waals surface area contributed by atoms with Gasteiger partial charge in [0.2, 0.25) is 0 Å². The van der Waals surface area contributed by atoms with Gasteiger partial charge in [0.1, 0.15) is 0 Å². The summed E-state index contributed by atoms with van der Waals surface area (Å²) in [6.07, 6.45) is 2.36. The minimum Gasteiger partial charge on any atom is -0.374 e. The van der Waals surface area contributed by atoms with Crippen LogP contribution in [-0.2, 0) is 0 Å². The van der Waals surface area contributed by atoms with Crippen molar-refractivity contribution in [3.8, 4) is 0 Å². The fourth-order valence-corrected chi connectivity index (χ4v) is 2.13. The average Bonchev–Trinajstić information content (AvgIpc) is 2.36. The number of nitrogens with one attached hydrogen (secondary N) is 1. The van der Waals surface area contributed by atoms with Crippen LogP contribution in [0.3, 0.4) is 0 Å². The van der Waals surface area contributed by atoms with Crippen LogP contribution in [0.25, 0.3) is 0 Å². The monoisotopic (exact) mass is 234 g/mol. The molecule has 1 rings (SSSR count). The van der Waals surface area contributed by atoms with E-state index in [2.05, 4.69) is 62.3 Å². The number of hydrogen-bond acceptors (Lipinski definition) is 2. The molecule has 1 unspecified atom stereocenters. The topological polar surface area (TPSA) is 15.3 Å². The Labute approximate surface area is 106 Å². The third kappa shape index (κ3) is 4.04. The molecule has 0 fully saturated rings. The highest BCUT2D eigenvalue weighted by molar-refractivity contribution is 5.54. The zero-order chi connectivity index (χ0) is 12.7. The van der Waals surface area contributed by atoms with Gasteiger partial charge in [-0.15, -0.1) is 0 Å². The lowest BCUT2D eigenvalue weighted by Crippen LogP contribution is -2.24. The van der Waals surface area contributed by atoms with E-state index in [1.807, 2.05) is 0 Å². The molecule has 1 N–H and O–H groups in total. The van der Waals surface area contributed by atoms with E-state index >= 15 is 0 Å². The van der Waals surface area contributed by atoms with Gasteiger partial charge in [0.15, 0.2) is 0 Å². The minimum absolute atomic E-state index is 0.422. The van der Waals surface area contributed by atoms with Crippen LogP contribution in [0, 0.1) is 0 Å². The highest BCUT2D eigenvalue weighted by Gasteiger charge is 2.11. The number of rotatable bonds is 7. The molecule has 17 heavy (non-hydrogen) atoms. The van der Waals surface area contributed by atoms with Crippen molar-refractivity contribution in [2.24, 2.45) is 0 Å². The molecule has 1 atom stereocenters. The molecule has 2 heteroatoms. The predicted molar refractivity (Wildman–Crippen MR) is 76.7 cm³/mol. The fourth-order valence-electron chi connectivity index (χ4n) is 2.13. The van der Waals surface area contributed by atoms with Crippen LogP contribution in [0.2, 0.25) is 0 Å². The van der Waals surface area contributed by atoms with Crippen molar-refractivity contribution in [3.05, 3.63) is 29.8 Å². The number of anilines is 1. The van der Waals surface area contributed by atoms with E-state index in [9.17, 15) is 0 Å². The molecule has 1 aromatic carbocycles. The molecule has 0 aliphatic carbocycles. The Hall–Kier alpha value is -1.02. The normalized spacial score (nSPS) is 12.5. The first-order valence-corrected chi connectivity index (χ1v) is 6.74. The van der Waals surface area contributed by atoms with Crippen LogP contribution in [0.5, 0.6) is 0 Å². The Morgan fingerprint density at radius 1 is 1.18 bits per heavy atom. The van der Waals surface area contributed by atoms with Gasteiger partial charge in [-0.05, 0) is 37.9 Å². The summed E-state index contributed by atoms with van der Waals surface area (Å²) in [4.78, 5) is 2.35. The number of para-hydroxylation sites is 1. The van der Waals surface area contributed by atoms with Gasteiger partial charge < -0.3 is 10.2 Å². The molecule has 1 aromatic rings. The molecular weight excluding hydrogens is 208 g/mol. The summed E-state index contributed by atoms with van der Waals surface area (Å²) in [6.45, 7) is 8.85. The van der Waals surface area contributed by atoms with Crippen molar-refractivity contribution in [1.82, 2.24) is 5.32 Å². The van der Waals surface area contributed by atoms with Crippen molar-refractivity contribution in [1.29, 1.82) is 0 Å². The van der Waals surface area contributed by atoms with Gasteiger partial charge in [-0.1, -0.05) is 32.0 Å². The second-order valence-corrected chi connectivity index (χ2v) is 4.66. The number of benzene rings is 1. The first kappa shape index (κ1) is 14.0. The zero-order valence-electron chi connectivity index (χ0n) is 11.7. The summed E-state index contributed by atoms with van der Waals surface area (Å²) >= 11 is 0. The summed E-state index contributed by atoms with van der Waals surface area (Å²) in [5.41, 5.74) is 2.75. The van der Waals surface area contributed by atoms with Crippen LogP contribution in [0.4, 0.5) is 5.69 Å². The summed E-state index contributed by atoms with van der Waals surface area (Å²) < 4.78 is 0. The first-order chi connectivity index (χ1) is 8.20. The molecule has 0 amide bonds. The zero-order valence-corrected chi connectivity index (χ0v) is 11.7. The van der Waals surface area contributed by atoms with Crippen molar-refractivity contribution in [2.45, 2.75) is 39.7 Å². The molecule has 0 aliphatic heterocycles. The molecular formula is C15H26N2. The van der Waals surface area contributed by atoms with E-state index in [4.69, 9.17) is 0 Å². The maximum atomic E-state index is 3.56. The molecule has 0 saturated carbocycles. The third-order valence-corrected chi connectivity index (χ3v) is 3.07. The lowest BCUT2D eigenvalue weighted by atomic mass is 10.0. The molecule has 96 valence electrons. The van der Waals surface area contributed by atoms with Gasteiger partial charge in [-0.2, -0.15) is 0 Å². The second-order valence-electron chi connectivity index (χ2n) is 4.66. The van der Waals surface area contributed by atoms with Gasteiger partial charge in [-0.25, -0.2) is 0 Å². The van der Waals surface area contributed by atoms with Gasteiger partial charge in [0, 0.05) is 25.3 Å². The standard InChI is InChI=1S/C15H26N2/c1-5-11-16-13(3)14-9-7-8-10-15(14)17(4)12-6-2/h7-10,13,16H,5-6,11-12H2,1-4H3. The van der Waals surface area contributed by atoms with Crippen molar-refractivity contribution >= 4 is 5.69 Å². The predicted octanol–water partition coefficient (Wildman–Crippen LogP) is 3.59. The average molecular weight is 234 g/mol. The molecule has 0 radical (unpaired) electrons. The van der Waals surface area contributed by atoms with E-state index in [1.165, 1.54) is 24.1 Å². The van der Waals surface area contributed by atoms with E-state index in [1.54, 1.807) is 0 Å². The van der Waals surface area contributed by atoms with E-state index in [0.29, 0.717) is 6.04 Å². The summed E-state index contributed by atoms with van der Waals surface area (Å²) in [6, 6.07) is 9.12. The van der Waals surface area contributed by atoms with Crippen LogP contribution in [-0.4, -0.2) is 20.1 Å². The highest BCUT2D eigenvalue weighted by atomic mass is 15.1. The smallest absolute Gasteiger partial charge is 0.0412 e. The second kappa shape index (κ2) is 7.33. The Morgan fingerprint density at radius 3 is 2.53 bits per heavy atom. The molecule has 2 nitrogen and oxygen atoms in total. The fraction of sp³-hybridized carbons (Fsp3) is 0.600. The number of nitrogens with zero attached hydrogens (tertiary/aromatic N) is 1. The van der Waals surface area contributed by atoms with Crippen LogP contribution < -0.4 is 10.2 Å². The first-order valence-electron chi connectivity index (χ1n) is 6.74. The van der Waals surface area contributed by atoms with Gasteiger partial charge in [0.05, 0.1) is 0 Å². The molecule has 0 aromatic heterocycles. The third-order valence-electron chi connectivity index (χ3n) is 3.07. The van der Waals surface area contributed by atoms with Gasteiger partial charge in [-0.3, -0.25) is 0 Å². The number of hydrogen-bond donors (Lipinski definition) is 1. The van der Waals surface area contributed by atoms with Crippen LogP contribution in [0.1, 0.15) is 45.2 Å². The highest BCUT2D eigenvalue weighted by Crippen LogP contribution is 2.25. The Bertz CT molecular complexity index is 322. The molecule has 0 heterocycles. The SMILES string of the molecule is CCCNC(C)c1ccccc1N(C)CCC. The minimum atomic E-state index is 0.422. The van der Waals surface area contributed by atoms with E-state index < -0.39 is 0 Å². The van der Waals surface area contributed by atoms with Gasteiger partial charge >= 0.3 is 0 Å². The van der Waals surface area contributed by atoms with Crippen molar-refractivity contribution in [2.75, 3.05) is 25.0 Å². The van der Waals surface area contributed by atoms with Crippen LogP contribution >= 0.6 is 0 Å². The quantitative estimate of drug-likeness (QED) is 0.775. The van der Waals surface area contributed by atoms with E-state index in [-0.39, 0.29) is 0 Å². The summed E-state index contributed by atoms with van der Waals surface area (Å²) in [5, 5.41) is 3.56. The molecule has 0 bridgehead atoms. The lowest BCUT2D eigenvalue weighted by molar-refractivity contribution is 0.570. The Morgan fingerprint density at radius 2 is 1.88 bits per heavy atom. The molecule has 0 aliphatic rings. The maximum absolute atomic E-state index is 3.56. The Balaban J connectivity index is 2.83. The Kier molecular flexibility index (Phi) is 6.06. The van der Waals surface area contributed by atoms with Gasteiger partial charge in [0.25, 0.3) is 0 Å². The van der Waals surface area contributed by atoms with Crippen LogP contribution in [0.15, 0.2) is 24.3 Å². The molecule has 0 spiro atoms. The van der Waals surface area contributed by atoms with E-state index in [0.717, 1.165) is 13.1 Å². The largest absolute Gasteiger partial charge is 0.374 e. The molecule has 0 saturated heterocycles. The van der Waals surface area contributed by atoms with Crippen molar-refractivity contribution in [3.63, 3.8) is 0 Å². The van der Waals surface area contributed by atoms with Crippen molar-refractivity contribution < 1.29 is 0 Å². The summed E-state index contributed by atoms with van der Waals surface area (Å²) in [7, 11) is 2.18. The summed E-state index contributed by atoms with van der Waals surface area (Å²) in [5.74, 6) is 0. The maximum Gasteiger partial charge on any atom is 0.0412 e.